The largest absolute Gasteiger partial charge is 0.398 e. The summed E-state index contributed by atoms with van der Waals surface area (Å²) in [5.74, 6) is 7.25. The molecule has 1 aromatic heterocycles. The number of alkyl halides is 4. The van der Waals surface area contributed by atoms with Crippen LogP contribution in [0.15, 0.2) is 350 Å². The van der Waals surface area contributed by atoms with Crippen LogP contribution in [-0.2, 0) is 45.1 Å². The molecule has 0 unspecified atom stereocenters. The van der Waals surface area contributed by atoms with Crippen molar-refractivity contribution in [3.05, 3.63) is 427 Å². The lowest BCUT2D eigenvalue weighted by Crippen LogP contribution is -2.20. The zero-order valence-electron chi connectivity index (χ0n) is 90.2. The Hall–Kier alpha value is -8.69. The third-order valence-electron chi connectivity index (χ3n) is 20.8. The van der Waals surface area contributed by atoms with Crippen LogP contribution in [0.1, 0.15) is 260 Å². The molecule has 0 radical (unpaired) electrons. The molecule has 0 saturated heterocycles. The number of hydrogen-bond acceptors (Lipinski definition) is 1. The molecule has 5 aliphatic carbocycles. The van der Waals surface area contributed by atoms with Crippen LogP contribution in [-0.4, -0.2) is 27.9 Å². The lowest BCUT2D eigenvalue weighted by Gasteiger charge is -2.18. The van der Waals surface area contributed by atoms with Crippen LogP contribution in [0.4, 0.5) is 5.69 Å². The van der Waals surface area contributed by atoms with Crippen LogP contribution in [0.2, 0.25) is 10.0 Å². The number of hydrogen-bond donors (Lipinski definition) is 1. The third-order valence-corrected chi connectivity index (χ3v) is 24.7. The van der Waals surface area contributed by atoms with E-state index in [1.54, 1.807) is 23.3 Å². The van der Waals surface area contributed by atoms with Gasteiger partial charge < -0.3 is 10.3 Å². The molecule has 15 aromatic carbocycles. The van der Waals surface area contributed by atoms with E-state index in [2.05, 4.69) is 414 Å². The Balaban J connectivity index is 0. The molecule has 21 rings (SSSR count). The van der Waals surface area contributed by atoms with Crippen molar-refractivity contribution in [3.63, 3.8) is 0 Å². The number of nitrogen functional groups attached to an aromatic ring is 1. The van der Waals surface area contributed by atoms with Gasteiger partial charge in [0, 0.05) is 38.8 Å². The molecule has 0 amide bonds. The minimum Gasteiger partial charge on any atom is -0.398 e. The molecule has 0 atom stereocenters. The second-order valence-electron chi connectivity index (χ2n) is 27.6. The number of anilines is 1. The second kappa shape index (κ2) is 81.8. The summed E-state index contributed by atoms with van der Waals surface area (Å²) in [6, 6.07) is 123. The van der Waals surface area contributed by atoms with Gasteiger partial charge in [0.1, 0.15) is 0 Å². The highest BCUT2D eigenvalue weighted by Gasteiger charge is 2.29. The summed E-state index contributed by atoms with van der Waals surface area (Å²) in [6.45, 7) is 55.5. The maximum Gasteiger partial charge on any atom is 0.0635 e. The standard InChI is InChI=1S/C21H17N.C20H15Cl.C20H14.C18H15P.C13H9Br.C6H6ClN.C3H8.12C2H6.4CH3Br/c1-2-22-20-10-6-5-9-17(20)18-12-11-16-15-8-4-3-7-14(15)13-19(16)21(18)22;21-20-11-4-2-7-16(20)12-14-8-5-10-18-17-9-3-1-6-15(17)13-19(14)18;1-3-7-15-13(5-1)11-19-17(15)9-10-18-16-8-4-2-6-14(16)12-20(18)19;1-4-10-16(11-5-1)19(17-12-6-2-7-13-17)18-14-8-3-9-15-18;14-13-7-3-6-11-10-5-2-1-4-9(10)8-12(11)13;7-5-3-1-2-4-6(5)8;1-3-2;16*1-2/h3-12H,2,13H2,1H3;1-11H,12-13H2;1-10H,11-12H2;1-15H;1-7H,8H2;1-4H,8H2;3H2,1-2H3;12*1-2H3;4*1H3. The van der Waals surface area contributed by atoms with Gasteiger partial charge in [-0.2, -0.15) is 0 Å². The molecule has 748 valence electrons. The number of fused-ring (bicyclic) bond motifs is 20. The first kappa shape index (κ1) is 132. The summed E-state index contributed by atoms with van der Waals surface area (Å²) >= 11 is 27.3. The lowest BCUT2D eigenvalue weighted by molar-refractivity contribution is 0.824. The van der Waals surface area contributed by atoms with Crippen LogP contribution in [0.3, 0.4) is 0 Å². The molecule has 1 heterocycles. The van der Waals surface area contributed by atoms with Crippen LogP contribution >= 0.6 is 111 Å². The summed E-state index contributed by atoms with van der Waals surface area (Å²) in [4.78, 5) is 0. The van der Waals surface area contributed by atoms with E-state index < -0.39 is 7.92 Å². The number of halogens is 7. The molecule has 16 aromatic rings. The van der Waals surface area contributed by atoms with E-state index in [0.29, 0.717) is 10.7 Å². The van der Waals surface area contributed by atoms with Crippen molar-refractivity contribution in [2.24, 2.45) is 0 Å². The smallest absolute Gasteiger partial charge is 0.0635 e. The molecular formula is C129H168Br5Cl2N2P. The van der Waals surface area contributed by atoms with Crippen molar-refractivity contribution in [3.8, 4) is 55.6 Å². The number of para-hydroxylation sites is 2. The Kier molecular flexibility index (Phi) is 77.9. The van der Waals surface area contributed by atoms with E-state index in [-0.39, 0.29) is 0 Å². The van der Waals surface area contributed by atoms with Gasteiger partial charge in [-0.3, -0.25) is 0 Å². The van der Waals surface area contributed by atoms with Crippen molar-refractivity contribution in [2.75, 3.05) is 29.1 Å². The molecule has 0 fully saturated rings. The first-order chi connectivity index (χ1) is 68.7. The topological polar surface area (TPSA) is 30.9 Å². The molecule has 0 spiro atoms. The fourth-order valence-electron chi connectivity index (χ4n) is 16.0. The maximum absolute atomic E-state index is 6.31. The monoisotopic (exact) mass is 2240 g/mol. The van der Waals surface area contributed by atoms with E-state index in [9.17, 15) is 0 Å². The summed E-state index contributed by atoms with van der Waals surface area (Å²) < 4.78 is 3.71. The second-order valence-corrected chi connectivity index (χ2v) is 31.5. The number of benzene rings is 15. The first-order valence-electron chi connectivity index (χ1n) is 50.8. The molecule has 0 bridgehead atoms. The normalized spacial score (nSPS) is 9.83. The highest BCUT2D eigenvalue weighted by Crippen LogP contribution is 2.48. The van der Waals surface area contributed by atoms with Gasteiger partial charge in [0.2, 0.25) is 0 Å². The van der Waals surface area contributed by atoms with Gasteiger partial charge in [-0.1, -0.05) is 605 Å². The molecule has 0 aliphatic heterocycles. The number of aromatic nitrogens is 1. The summed E-state index contributed by atoms with van der Waals surface area (Å²) in [6.07, 6.45) is 7.50. The first-order valence-corrected chi connectivity index (χ1v) is 60.1. The molecule has 2 N–H and O–H groups in total. The van der Waals surface area contributed by atoms with Gasteiger partial charge >= 0.3 is 0 Å². The Morgan fingerprint density at radius 1 is 0.252 bits per heavy atom. The van der Waals surface area contributed by atoms with Crippen LogP contribution in [0, 0.1) is 0 Å². The highest BCUT2D eigenvalue weighted by atomic mass is 79.9. The molecule has 139 heavy (non-hydrogen) atoms. The van der Waals surface area contributed by atoms with Gasteiger partial charge in [0.15, 0.2) is 0 Å². The van der Waals surface area contributed by atoms with Gasteiger partial charge in [0.25, 0.3) is 0 Å². The van der Waals surface area contributed by atoms with Gasteiger partial charge in [0.05, 0.1) is 16.2 Å². The van der Waals surface area contributed by atoms with Crippen molar-refractivity contribution >= 4 is 154 Å². The fourth-order valence-corrected chi connectivity index (χ4v) is 19.1. The van der Waals surface area contributed by atoms with E-state index in [1.807, 2.05) is 214 Å². The number of aryl methyl sites for hydroxylation is 1. The average Bonchev–Trinajstić information content (AvgIpc) is 1.57. The van der Waals surface area contributed by atoms with E-state index in [4.69, 9.17) is 28.9 Å². The van der Waals surface area contributed by atoms with Gasteiger partial charge in [-0.05, 0) is 239 Å². The van der Waals surface area contributed by atoms with Crippen LogP contribution < -0.4 is 21.6 Å². The quantitative estimate of drug-likeness (QED) is 0.100. The zero-order valence-corrected chi connectivity index (χ0v) is 101. The highest BCUT2D eigenvalue weighted by molar-refractivity contribution is 9.10. The zero-order chi connectivity index (χ0) is 105. The number of nitrogens with zero attached hydrogens (tertiary/aromatic N) is 1. The van der Waals surface area contributed by atoms with Crippen molar-refractivity contribution < 1.29 is 0 Å². The van der Waals surface area contributed by atoms with Crippen LogP contribution in [0.25, 0.3) is 77.4 Å². The van der Waals surface area contributed by atoms with E-state index in [1.165, 1.54) is 160 Å². The molecular weight excluding hydrogens is 2080 g/mol. The van der Waals surface area contributed by atoms with Crippen molar-refractivity contribution in [1.29, 1.82) is 0 Å². The summed E-state index contributed by atoms with van der Waals surface area (Å²) in [5, 5.41) is 8.43. The minimum absolute atomic E-state index is 0.446. The third kappa shape index (κ3) is 37.9. The number of nitrogens with two attached hydrogens (primary N) is 1. The molecule has 0 saturated carbocycles. The maximum atomic E-state index is 6.31. The van der Waals surface area contributed by atoms with Crippen molar-refractivity contribution in [1.82, 2.24) is 4.57 Å². The predicted octanol–water partition coefficient (Wildman–Crippen LogP) is 42.9. The Labute approximate surface area is 900 Å². The molecule has 10 heteroatoms. The summed E-state index contributed by atoms with van der Waals surface area (Å²) in [7, 11) is -0.446. The fraction of sp³-hybridized carbons (Fsp3) is 0.302. The Morgan fingerprint density at radius 3 is 0.878 bits per heavy atom. The van der Waals surface area contributed by atoms with Gasteiger partial charge in [-0.15, -0.1) is 0 Å². The van der Waals surface area contributed by atoms with Gasteiger partial charge in [-0.25, -0.2) is 0 Å². The van der Waals surface area contributed by atoms with E-state index in [0.717, 1.165) is 50.1 Å². The number of rotatable bonds is 6. The van der Waals surface area contributed by atoms with Crippen molar-refractivity contribution in [2.45, 2.75) is 238 Å². The van der Waals surface area contributed by atoms with E-state index >= 15 is 0 Å². The lowest BCUT2D eigenvalue weighted by atomic mass is 9.96. The SMILES string of the molecule is Brc1cccc2c1Cc1ccccc1-2.CBr.CBr.CBr.CBr.CC.CC.CC.CC.CC.CC.CC.CC.CC.CC.CC.CC.CCC.CCn1c2ccccc2c2ccc3c(c21)Cc1ccccc1-3.Clc1ccccc1Cc1cccc2c1Cc1ccccc1-2.Nc1ccccc1Cl.c1ccc(P(c2ccccc2)c2ccccc2)cc1.c1ccc2c(c1)Cc1c-2ccc2c1Cc1ccccc1-2. The Bertz CT molecular complexity index is 5660. The minimum atomic E-state index is -0.446. The molecule has 5 aliphatic rings. The Morgan fingerprint density at radius 2 is 0.518 bits per heavy atom. The summed E-state index contributed by atoms with van der Waals surface area (Å²) in [5.41, 5.74) is 40.3. The van der Waals surface area contributed by atoms with Crippen LogP contribution in [0.5, 0.6) is 0 Å². The average molecular weight is 2250 g/mol. The predicted molar refractivity (Wildman–Crippen MR) is 660 cm³/mol. The molecule has 2 nitrogen and oxygen atoms in total.